The summed E-state index contributed by atoms with van der Waals surface area (Å²) in [5.41, 5.74) is 0.506. The molecule has 6 heteroatoms. The van der Waals surface area contributed by atoms with Crippen LogP contribution in [0.2, 0.25) is 0 Å². The molecule has 104 valence electrons. The van der Waals surface area contributed by atoms with E-state index in [-0.39, 0.29) is 23.5 Å². The van der Waals surface area contributed by atoms with E-state index in [9.17, 15) is 13.2 Å². The van der Waals surface area contributed by atoms with Gasteiger partial charge in [-0.25, -0.2) is 8.42 Å². The number of carbonyl (C=O) groups is 1. The van der Waals surface area contributed by atoms with Gasteiger partial charge in [-0.2, -0.15) is 0 Å². The van der Waals surface area contributed by atoms with Crippen LogP contribution in [0.15, 0.2) is 24.3 Å². The standard InChI is InChI=1S/C13H17NO4S/c1-14(11-6-7-19(16,17)9-11)13(15)10-4-3-5-12(8-10)18-2/h3-5,8,11H,6-7,9H2,1-2H3/t11-/m1/s1. The average molecular weight is 283 g/mol. The highest BCUT2D eigenvalue weighted by molar-refractivity contribution is 7.91. The van der Waals surface area contributed by atoms with Gasteiger partial charge in [-0.05, 0) is 24.6 Å². The van der Waals surface area contributed by atoms with E-state index < -0.39 is 9.84 Å². The molecule has 5 nitrogen and oxygen atoms in total. The van der Waals surface area contributed by atoms with E-state index in [1.165, 1.54) is 12.0 Å². The van der Waals surface area contributed by atoms with Crippen molar-refractivity contribution in [1.82, 2.24) is 4.90 Å². The topological polar surface area (TPSA) is 63.7 Å². The highest BCUT2D eigenvalue weighted by Crippen LogP contribution is 2.20. The number of amides is 1. The minimum absolute atomic E-state index is 0.0548. The minimum atomic E-state index is -2.99. The fraction of sp³-hybridized carbons (Fsp3) is 0.462. The molecular weight excluding hydrogens is 266 g/mol. The third kappa shape index (κ3) is 3.07. The zero-order chi connectivity index (χ0) is 14.0. The first-order valence-corrected chi connectivity index (χ1v) is 7.87. The van der Waals surface area contributed by atoms with Crippen molar-refractivity contribution < 1.29 is 17.9 Å². The van der Waals surface area contributed by atoms with E-state index in [0.717, 1.165) is 0 Å². The number of nitrogens with zero attached hydrogens (tertiary/aromatic N) is 1. The Kier molecular flexibility index (Phi) is 3.80. The van der Waals surface area contributed by atoms with Gasteiger partial charge in [0.2, 0.25) is 0 Å². The Hall–Kier alpha value is -1.56. The molecule has 0 unspecified atom stereocenters. The minimum Gasteiger partial charge on any atom is -0.497 e. The Balaban J connectivity index is 2.15. The van der Waals surface area contributed by atoms with Crippen molar-refractivity contribution in [3.63, 3.8) is 0 Å². The predicted octanol–water partition coefficient (Wildman–Crippen LogP) is 0.954. The van der Waals surface area contributed by atoms with Gasteiger partial charge >= 0.3 is 0 Å². The van der Waals surface area contributed by atoms with Gasteiger partial charge in [-0.3, -0.25) is 4.79 Å². The van der Waals surface area contributed by atoms with Crippen molar-refractivity contribution in [3.05, 3.63) is 29.8 Å². The predicted molar refractivity (Wildman–Crippen MR) is 72.1 cm³/mol. The lowest BCUT2D eigenvalue weighted by Crippen LogP contribution is -2.37. The van der Waals surface area contributed by atoms with E-state index in [1.807, 2.05) is 0 Å². The van der Waals surface area contributed by atoms with Crippen LogP contribution in [-0.2, 0) is 9.84 Å². The van der Waals surface area contributed by atoms with E-state index in [2.05, 4.69) is 0 Å². The van der Waals surface area contributed by atoms with Gasteiger partial charge in [0.05, 0.1) is 18.6 Å². The lowest BCUT2D eigenvalue weighted by atomic mass is 10.1. The van der Waals surface area contributed by atoms with Crippen molar-refractivity contribution in [1.29, 1.82) is 0 Å². The van der Waals surface area contributed by atoms with Crippen molar-refractivity contribution in [2.45, 2.75) is 12.5 Å². The van der Waals surface area contributed by atoms with Gasteiger partial charge in [-0.1, -0.05) is 6.07 Å². The molecule has 1 fully saturated rings. The van der Waals surface area contributed by atoms with Crippen molar-refractivity contribution >= 4 is 15.7 Å². The molecule has 1 aliphatic heterocycles. The Morgan fingerprint density at radius 2 is 2.16 bits per heavy atom. The largest absolute Gasteiger partial charge is 0.497 e. The number of hydrogen-bond donors (Lipinski definition) is 0. The molecule has 0 spiro atoms. The summed E-state index contributed by atoms with van der Waals surface area (Å²) >= 11 is 0. The molecule has 1 aliphatic rings. The van der Waals surface area contributed by atoms with Crippen molar-refractivity contribution in [2.24, 2.45) is 0 Å². The Bertz CT molecular complexity index is 582. The molecular formula is C13H17NO4S. The highest BCUT2D eigenvalue weighted by atomic mass is 32.2. The van der Waals surface area contributed by atoms with Crippen LogP contribution in [0.1, 0.15) is 16.8 Å². The number of hydrogen-bond acceptors (Lipinski definition) is 4. The first-order chi connectivity index (χ1) is 8.93. The van der Waals surface area contributed by atoms with Crippen LogP contribution < -0.4 is 4.74 Å². The second kappa shape index (κ2) is 5.21. The maximum absolute atomic E-state index is 12.3. The summed E-state index contributed by atoms with van der Waals surface area (Å²) in [7, 11) is 0.197. The lowest BCUT2D eigenvalue weighted by molar-refractivity contribution is 0.0747. The Morgan fingerprint density at radius 1 is 1.42 bits per heavy atom. The van der Waals surface area contributed by atoms with Crippen LogP contribution in [-0.4, -0.2) is 50.9 Å². The molecule has 0 radical (unpaired) electrons. The Labute approximate surface area is 113 Å². The molecule has 2 rings (SSSR count). The zero-order valence-corrected chi connectivity index (χ0v) is 11.8. The van der Waals surface area contributed by atoms with Gasteiger partial charge in [0.1, 0.15) is 5.75 Å². The second-order valence-electron chi connectivity index (χ2n) is 4.70. The molecule has 1 saturated heterocycles. The van der Waals surface area contributed by atoms with Crippen molar-refractivity contribution in [3.8, 4) is 5.75 Å². The molecule has 1 aromatic rings. The number of benzene rings is 1. The smallest absolute Gasteiger partial charge is 0.254 e. The molecule has 0 N–H and O–H groups in total. The van der Waals surface area contributed by atoms with Crippen LogP contribution in [0.25, 0.3) is 0 Å². The maximum Gasteiger partial charge on any atom is 0.254 e. The number of methoxy groups -OCH3 is 1. The number of sulfone groups is 1. The number of ether oxygens (including phenoxy) is 1. The van der Waals surface area contributed by atoms with Crippen molar-refractivity contribution in [2.75, 3.05) is 25.7 Å². The van der Waals surface area contributed by atoms with Crippen LogP contribution in [0.5, 0.6) is 5.75 Å². The second-order valence-corrected chi connectivity index (χ2v) is 6.93. The summed E-state index contributed by atoms with van der Waals surface area (Å²) in [6, 6.07) is 6.62. The first kappa shape index (κ1) is 13.9. The van der Waals surface area contributed by atoms with E-state index in [1.54, 1.807) is 31.3 Å². The van der Waals surface area contributed by atoms with Crippen LogP contribution in [0, 0.1) is 0 Å². The lowest BCUT2D eigenvalue weighted by Gasteiger charge is -2.23. The normalized spacial score (nSPS) is 21.1. The molecule has 19 heavy (non-hydrogen) atoms. The van der Waals surface area contributed by atoms with Crippen LogP contribution >= 0.6 is 0 Å². The van der Waals surface area contributed by atoms with Crippen LogP contribution in [0.4, 0.5) is 0 Å². The summed E-state index contributed by atoms with van der Waals surface area (Å²) < 4.78 is 28.0. The number of rotatable bonds is 3. The molecule has 1 atom stereocenters. The molecule has 1 aromatic carbocycles. The molecule has 1 heterocycles. The van der Waals surface area contributed by atoms with E-state index in [4.69, 9.17) is 4.74 Å². The maximum atomic E-state index is 12.3. The zero-order valence-electron chi connectivity index (χ0n) is 11.0. The molecule has 0 aromatic heterocycles. The fourth-order valence-electron chi connectivity index (χ4n) is 2.21. The van der Waals surface area contributed by atoms with Gasteiger partial charge in [0.15, 0.2) is 9.84 Å². The quantitative estimate of drug-likeness (QED) is 0.828. The third-order valence-electron chi connectivity index (χ3n) is 3.39. The van der Waals surface area contributed by atoms with E-state index >= 15 is 0 Å². The summed E-state index contributed by atoms with van der Waals surface area (Å²) in [6.07, 6.45) is 0.508. The summed E-state index contributed by atoms with van der Waals surface area (Å²) in [5, 5.41) is 0. The summed E-state index contributed by atoms with van der Waals surface area (Å²) in [5.74, 6) is 0.645. The van der Waals surface area contributed by atoms with Gasteiger partial charge < -0.3 is 9.64 Å². The van der Waals surface area contributed by atoms with Gasteiger partial charge in [0.25, 0.3) is 5.91 Å². The van der Waals surface area contributed by atoms with Gasteiger partial charge in [0, 0.05) is 18.7 Å². The van der Waals surface area contributed by atoms with Gasteiger partial charge in [-0.15, -0.1) is 0 Å². The molecule has 1 amide bonds. The highest BCUT2D eigenvalue weighted by Gasteiger charge is 2.33. The number of carbonyl (C=O) groups excluding carboxylic acids is 1. The first-order valence-electron chi connectivity index (χ1n) is 6.04. The average Bonchev–Trinajstić information content (AvgIpc) is 2.77. The SMILES string of the molecule is COc1cccc(C(=O)N(C)[C@@H]2CCS(=O)(=O)C2)c1. The molecule has 0 bridgehead atoms. The van der Waals surface area contributed by atoms with Crippen LogP contribution in [0.3, 0.4) is 0 Å². The van der Waals surface area contributed by atoms with E-state index in [0.29, 0.717) is 17.7 Å². The Morgan fingerprint density at radius 3 is 2.74 bits per heavy atom. The fourth-order valence-corrected chi connectivity index (χ4v) is 3.98. The molecule has 0 aliphatic carbocycles. The monoisotopic (exact) mass is 283 g/mol. The molecule has 0 saturated carbocycles. The summed E-state index contributed by atoms with van der Waals surface area (Å²) in [4.78, 5) is 13.8. The third-order valence-corrected chi connectivity index (χ3v) is 5.14. The summed E-state index contributed by atoms with van der Waals surface area (Å²) in [6.45, 7) is 0.